The number of nitrogens with one attached hydrogen (secondary N) is 2. The Morgan fingerprint density at radius 1 is 1.37 bits per heavy atom. The minimum absolute atomic E-state index is 0.000701. The number of halogens is 2. The van der Waals surface area contributed by atoms with Gasteiger partial charge in [0.15, 0.2) is 0 Å². The molecule has 7 nitrogen and oxygen atoms in total. The highest BCUT2D eigenvalue weighted by atomic mass is 35.5. The molecule has 1 fully saturated rings. The van der Waals surface area contributed by atoms with Gasteiger partial charge < -0.3 is 14.3 Å². The number of nitriles is 1. The Kier molecular flexibility index (Phi) is 5.74. The summed E-state index contributed by atoms with van der Waals surface area (Å²) in [5.41, 5.74) is 2.34. The summed E-state index contributed by atoms with van der Waals surface area (Å²) < 4.78 is 21.1. The van der Waals surface area contributed by atoms with Crippen LogP contribution in [0, 0.1) is 22.6 Å². The first-order valence-corrected chi connectivity index (χ1v) is 9.76. The second kappa shape index (κ2) is 8.61. The lowest BCUT2D eigenvalue weighted by Gasteiger charge is -2.25. The van der Waals surface area contributed by atoms with E-state index in [4.69, 9.17) is 27.0 Å². The van der Waals surface area contributed by atoms with E-state index in [-0.39, 0.29) is 16.8 Å². The lowest BCUT2D eigenvalue weighted by Crippen LogP contribution is -2.22. The molecule has 3 aromatic rings. The minimum atomic E-state index is -0.507. The lowest BCUT2D eigenvalue weighted by atomic mass is 10.0. The number of allylic oxidation sites excluding steroid dienone is 1. The van der Waals surface area contributed by atoms with E-state index >= 15 is 0 Å². The zero-order valence-electron chi connectivity index (χ0n) is 15.9. The van der Waals surface area contributed by atoms with Crippen LogP contribution >= 0.6 is 11.6 Å². The fourth-order valence-corrected chi connectivity index (χ4v) is 3.62. The van der Waals surface area contributed by atoms with Gasteiger partial charge in [-0.1, -0.05) is 11.6 Å². The number of rotatable bonds is 5. The molecule has 1 aliphatic heterocycles. The summed E-state index contributed by atoms with van der Waals surface area (Å²) in [6, 6.07) is 6.53. The molecule has 0 radical (unpaired) electrons. The minimum Gasteiger partial charge on any atom is -0.381 e. The average Bonchev–Trinajstić information content (AvgIpc) is 3.42. The molecular formula is C21H18ClFN6O. The van der Waals surface area contributed by atoms with E-state index in [1.807, 2.05) is 10.6 Å². The maximum atomic E-state index is 13.7. The van der Waals surface area contributed by atoms with Crippen LogP contribution in [0.3, 0.4) is 0 Å². The van der Waals surface area contributed by atoms with E-state index in [9.17, 15) is 4.39 Å². The summed E-state index contributed by atoms with van der Waals surface area (Å²) in [5, 5.41) is 17.6. The van der Waals surface area contributed by atoms with Crippen LogP contribution in [0.5, 0.6) is 0 Å². The summed E-state index contributed by atoms with van der Waals surface area (Å²) in [6.45, 7) is 1.29. The van der Waals surface area contributed by atoms with Crippen molar-refractivity contribution in [3.63, 3.8) is 0 Å². The molecule has 30 heavy (non-hydrogen) atoms. The molecule has 0 bridgehead atoms. The highest BCUT2D eigenvalue weighted by molar-refractivity contribution is 6.31. The van der Waals surface area contributed by atoms with Crippen LogP contribution in [0.15, 0.2) is 36.8 Å². The number of ether oxygens (including phenoxy) is 1. The SMILES string of the molecule is N#Cc1cnc(/C=C\C(=N)c2c(-c3ccc(F)c(Cl)c3)ncn2C2CCOCC2)[nH]1. The maximum Gasteiger partial charge on any atom is 0.141 e. The molecule has 0 unspecified atom stereocenters. The Labute approximate surface area is 177 Å². The van der Waals surface area contributed by atoms with Gasteiger partial charge in [0.25, 0.3) is 0 Å². The predicted molar refractivity (Wildman–Crippen MR) is 111 cm³/mol. The molecule has 1 aromatic carbocycles. The standard InChI is InChI=1S/C21H18ClFN6O/c22-16-9-13(1-2-17(16)23)20-21(29(12-27-20)15-5-7-30-8-6-15)18(25)3-4-19-26-11-14(10-24)28-19/h1-4,9,11-12,15,25H,5-8H2,(H,26,28)/b4-3-,25-18?. The van der Waals surface area contributed by atoms with Gasteiger partial charge in [0.1, 0.15) is 23.4 Å². The van der Waals surface area contributed by atoms with Crippen molar-refractivity contribution in [1.82, 2.24) is 19.5 Å². The van der Waals surface area contributed by atoms with Gasteiger partial charge in [-0.3, -0.25) is 5.41 Å². The Morgan fingerprint density at radius 2 is 2.17 bits per heavy atom. The first-order valence-electron chi connectivity index (χ1n) is 9.39. The van der Waals surface area contributed by atoms with E-state index in [0.717, 1.165) is 12.8 Å². The highest BCUT2D eigenvalue weighted by Crippen LogP contribution is 2.31. The number of hydrogen-bond acceptors (Lipinski definition) is 5. The number of hydrogen-bond donors (Lipinski definition) is 2. The summed E-state index contributed by atoms with van der Waals surface area (Å²) in [5.74, 6) is -0.0354. The van der Waals surface area contributed by atoms with Crippen molar-refractivity contribution in [2.24, 2.45) is 0 Å². The van der Waals surface area contributed by atoms with Gasteiger partial charge >= 0.3 is 0 Å². The van der Waals surface area contributed by atoms with Crippen LogP contribution in [0.25, 0.3) is 17.3 Å². The Balaban J connectivity index is 1.74. The monoisotopic (exact) mass is 424 g/mol. The third kappa shape index (κ3) is 4.03. The van der Waals surface area contributed by atoms with E-state index in [1.54, 1.807) is 24.5 Å². The highest BCUT2D eigenvalue weighted by Gasteiger charge is 2.23. The van der Waals surface area contributed by atoms with Crippen LogP contribution in [0.2, 0.25) is 5.02 Å². The molecule has 4 rings (SSSR count). The third-order valence-corrected chi connectivity index (χ3v) is 5.24. The lowest BCUT2D eigenvalue weighted by molar-refractivity contribution is 0.0694. The first-order chi connectivity index (χ1) is 14.6. The van der Waals surface area contributed by atoms with Crippen LogP contribution in [-0.2, 0) is 4.74 Å². The number of H-pyrrole nitrogens is 1. The molecule has 0 atom stereocenters. The molecule has 1 aliphatic rings. The van der Waals surface area contributed by atoms with Crippen molar-refractivity contribution >= 4 is 23.4 Å². The molecule has 152 valence electrons. The van der Waals surface area contributed by atoms with Gasteiger partial charge in [0.2, 0.25) is 0 Å². The normalized spacial score (nSPS) is 14.8. The summed E-state index contributed by atoms with van der Waals surface area (Å²) in [6.07, 6.45) is 8.00. The number of benzene rings is 1. The molecular weight excluding hydrogens is 407 g/mol. The van der Waals surface area contributed by atoms with Gasteiger partial charge in [-0.2, -0.15) is 5.26 Å². The van der Waals surface area contributed by atoms with Crippen molar-refractivity contribution in [3.05, 3.63) is 64.9 Å². The van der Waals surface area contributed by atoms with E-state index in [1.165, 1.54) is 18.3 Å². The van der Waals surface area contributed by atoms with E-state index < -0.39 is 5.82 Å². The van der Waals surface area contributed by atoms with Crippen molar-refractivity contribution in [1.29, 1.82) is 10.7 Å². The second-order valence-electron chi connectivity index (χ2n) is 6.86. The van der Waals surface area contributed by atoms with Crippen LogP contribution in [-0.4, -0.2) is 38.4 Å². The number of aromatic nitrogens is 4. The molecule has 0 amide bonds. The van der Waals surface area contributed by atoms with Gasteiger partial charge in [0.05, 0.1) is 34.6 Å². The van der Waals surface area contributed by atoms with Crippen LogP contribution < -0.4 is 0 Å². The number of aromatic amines is 1. The van der Waals surface area contributed by atoms with Crippen molar-refractivity contribution in [2.45, 2.75) is 18.9 Å². The molecule has 0 spiro atoms. The molecule has 0 aliphatic carbocycles. The van der Waals surface area contributed by atoms with Gasteiger partial charge in [-0.05, 0) is 43.2 Å². The summed E-state index contributed by atoms with van der Waals surface area (Å²) in [4.78, 5) is 11.5. The van der Waals surface area contributed by atoms with Gasteiger partial charge in [-0.25, -0.2) is 14.4 Å². The Morgan fingerprint density at radius 3 is 2.87 bits per heavy atom. The van der Waals surface area contributed by atoms with E-state index in [2.05, 4.69) is 15.0 Å². The molecule has 3 heterocycles. The first kappa shape index (κ1) is 20.0. The fourth-order valence-electron chi connectivity index (χ4n) is 3.44. The van der Waals surface area contributed by atoms with Gasteiger partial charge in [-0.15, -0.1) is 0 Å². The Hall–Kier alpha value is -3.28. The number of nitrogens with zero attached hydrogens (tertiary/aromatic N) is 4. The van der Waals surface area contributed by atoms with Crippen molar-refractivity contribution in [2.75, 3.05) is 13.2 Å². The third-order valence-electron chi connectivity index (χ3n) is 4.95. The quantitative estimate of drug-likeness (QED) is 0.593. The van der Waals surface area contributed by atoms with Crippen LogP contribution in [0.1, 0.15) is 36.1 Å². The predicted octanol–water partition coefficient (Wildman–Crippen LogP) is 4.37. The Bertz CT molecular complexity index is 1150. The fraction of sp³-hybridized carbons (Fsp3) is 0.238. The van der Waals surface area contributed by atoms with Crippen molar-refractivity contribution in [3.8, 4) is 17.3 Å². The average molecular weight is 425 g/mol. The maximum absolute atomic E-state index is 13.7. The summed E-state index contributed by atoms with van der Waals surface area (Å²) in [7, 11) is 0. The van der Waals surface area contributed by atoms with Crippen LogP contribution in [0.4, 0.5) is 4.39 Å². The zero-order valence-corrected chi connectivity index (χ0v) is 16.7. The molecule has 2 N–H and O–H groups in total. The largest absolute Gasteiger partial charge is 0.381 e. The molecule has 1 saturated heterocycles. The number of imidazole rings is 2. The van der Waals surface area contributed by atoms with Gasteiger partial charge in [0, 0.05) is 24.8 Å². The van der Waals surface area contributed by atoms with E-state index in [0.29, 0.717) is 41.7 Å². The second-order valence-corrected chi connectivity index (χ2v) is 7.27. The van der Waals surface area contributed by atoms with Crippen molar-refractivity contribution < 1.29 is 9.13 Å². The molecule has 9 heteroatoms. The zero-order chi connectivity index (χ0) is 21.1. The topological polar surface area (TPSA) is 103 Å². The summed E-state index contributed by atoms with van der Waals surface area (Å²) >= 11 is 5.98. The smallest absolute Gasteiger partial charge is 0.141 e. The molecule has 2 aromatic heterocycles. The molecule has 0 saturated carbocycles.